The van der Waals surface area contributed by atoms with Gasteiger partial charge in [0.25, 0.3) is 0 Å². The van der Waals surface area contributed by atoms with Crippen LogP contribution in [0.4, 0.5) is 0 Å². The monoisotopic (exact) mass is 269 g/mol. The Bertz CT molecular complexity index is 407. The zero-order valence-electron chi connectivity index (χ0n) is 12.4. The quantitative estimate of drug-likeness (QED) is 0.798. The molecule has 0 saturated heterocycles. The van der Waals surface area contributed by atoms with Gasteiger partial charge in [-0.05, 0) is 38.3 Å². The molecule has 0 radical (unpaired) electrons. The first-order valence-electron chi connectivity index (χ1n) is 6.91. The van der Waals surface area contributed by atoms with E-state index in [1.54, 1.807) is 0 Å². The predicted molar refractivity (Wildman–Crippen MR) is 80.7 cm³/mol. The molecule has 0 spiro atoms. The summed E-state index contributed by atoms with van der Waals surface area (Å²) >= 11 is 5.37. The summed E-state index contributed by atoms with van der Waals surface area (Å²) in [4.78, 5) is 5.63. The largest absolute Gasteiger partial charge is 0.337 e. The molecule has 0 aromatic carbocycles. The molecule has 0 atom stereocenters. The summed E-state index contributed by atoms with van der Waals surface area (Å²) in [6, 6.07) is 0. The number of hydrogen-bond acceptors (Lipinski definition) is 2. The number of imidazole rings is 1. The van der Waals surface area contributed by atoms with Crippen LogP contribution in [0.3, 0.4) is 0 Å². The van der Waals surface area contributed by atoms with Gasteiger partial charge in [0.1, 0.15) is 0 Å². The third-order valence-corrected chi connectivity index (χ3v) is 3.73. The Kier molecular flexibility index (Phi) is 5.60. The maximum absolute atomic E-state index is 5.37. The second kappa shape index (κ2) is 6.53. The highest BCUT2D eigenvalue weighted by Gasteiger charge is 2.18. The van der Waals surface area contributed by atoms with Crippen LogP contribution in [0.2, 0.25) is 0 Å². The zero-order chi connectivity index (χ0) is 13.8. The number of hydrogen-bond donors (Lipinski definition) is 1. The van der Waals surface area contributed by atoms with Gasteiger partial charge in [-0.1, -0.05) is 34.6 Å². The molecule has 1 heterocycles. The van der Waals surface area contributed by atoms with Crippen LogP contribution < -0.4 is 0 Å². The first kappa shape index (κ1) is 15.4. The van der Waals surface area contributed by atoms with Crippen molar-refractivity contribution < 1.29 is 0 Å². The van der Waals surface area contributed by atoms with Crippen LogP contribution in [0, 0.1) is 4.77 Å². The van der Waals surface area contributed by atoms with E-state index in [1.807, 2.05) is 0 Å². The maximum Gasteiger partial charge on any atom is 0.177 e. The van der Waals surface area contributed by atoms with E-state index < -0.39 is 0 Å². The van der Waals surface area contributed by atoms with Crippen LogP contribution in [-0.4, -0.2) is 34.1 Å². The molecule has 1 aromatic heterocycles. The molecule has 1 rings (SSSR count). The lowest BCUT2D eigenvalue weighted by Gasteiger charge is -2.22. The standard InChI is InChI=1S/C14H27N3S/c1-6-16(7-2)9-8-10-17-12(14(3,4)5)11-15-13(17)18/h11H,6-10H2,1-5H3,(H,15,18). The van der Waals surface area contributed by atoms with Gasteiger partial charge in [-0.3, -0.25) is 0 Å². The number of aromatic amines is 1. The zero-order valence-corrected chi connectivity index (χ0v) is 13.2. The highest BCUT2D eigenvalue weighted by molar-refractivity contribution is 7.71. The van der Waals surface area contributed by atoms with Crippen LogP contribution in [0.25, 0.3) is 0 Å². The van der Waals surface area contributed by atoms with E-state index in [4.69, 9.17) is 12.2 Å². The lowest BCUT2D eigenvalue weighted by Crippen LogP contribution is -2.25. The minimum absolute atomic E-state index is 0.142. The van der Waals surface area contributed by atoms with Crippen molar-refractivity contribution in [2.45, 2.75) is 53.0 Å². The fraction of sp³-hybridized carbons (Fsp3) is 0.786. The van der Waals surface area contributed by atoms with Crippen molar-refractivity contribution in [3.63, 3.8) is 0 Å². The molecule has 0 fully saturated rings. The molecule has 0 aliphatic carbocycles. The van der Waals surface area contributed by atoms with Crippen molar-refractivity contribution in [1.29, 1.82) is 0 Å². The minimum Gasteiger partial charge on any atom is -0.337 e. The highest BCUT2D eigenvalue weighted by Crippen LogP contribution is 2.22. The summed E-state index contributed by atoms with van der Waals surface area (Å²) < 4.78 is 3.10. The smallest absolute Gasteiger partial charge is 0.177 e. The van der Waals surface area contributed by atoms with E-state index in [0.29, 0.717) is 0 Å². The molecule has 0 unspecified atom stereocenters. The summed E-state index contributed by atoms with van der Waals surface area (Å²) in [5, 5.41) is 0. The van der Waals surface area contributed by atoms with E-state index in [2.05, 4.69) is 55.3 Å². The Morgan fingerprint density at radius 2 is 1.89 bits per heavy atom. The van der Waals surface area contributed by atoms with Crippen molar-refractivity contribution in [3.8, 4) is 0 Å². The van der Waals surface area contributed by atoms with Gasteiger partial charge < -0.3 is 14.5 Å². The summed E-state index contributed by atoms with van der Waals surface area (Å²) in [6.07, 6.45) is 3.21. The van der Waals surface area contributed by atoms with Crippen molar-refractivity contribution in [1.82, 2.24) is 14.5 Å². The molecular formula is C14H27N3S. The van der Waals surface area contributed by atoms with Gasteiger partial charge in [-0.25, -0.2) is 0 Å². The maximum atomic E-state index is 5.37. The molecular weight excluding hydrogens is 242 g/mol. The normalized spacial score (nSPS) is 12.3. The molecule has 0 amide bonds. The molecule has 0 aliphatic rings. The lowest BCUT2D eigenvalue weighted by molar-refractivity contribution is 0.291. The van der Waals surface area contributed by atoms with Crippen LogP contribution in [-0.2, 0) is 12.0 Å². The first-order chi connectivity index (χ1) is 8.40. The Morgan fingerprint density at radius 3 is 2.39 bits per heavy atom. The number of rotatable bonds is 6. The SMILES string of the molecule is CCN(CC)CCCn1c(C(C)(C)C)c[nH]c1=S. The molecule has 0 bridgehead atoms. The van der Waals surface area contributed by atoms with E-state index in [9.17, 15) is 0 Å². The van der Waals surface area contributed by atoms with Crippen LogP contribution in [0.5, 0.6) is 0 Å². The van der Waals surface area contributed by atoms with Gasteiger partial charge in [0.2, 0.25) is 0 Å². The second-order valence-corrected chi connectivity index (χ2v) is 6.15. The van der Waals surface area contributed by atoms with Crippen LogP contribution in [0.15, 0.2) is 6.20 Å². The van der Waals surface area contributed by atoms with Crippen LogP contribution in [0.1, 0.15) is 46.7 Å². The third kappa shape index (κ3) is 3.95. The Morgan fingerprint density at radius 1 is 1.28 bits per heavy atom. The second-order valence-electron chi connectivity index (χ2n) is 5.76. The predicted octanol–water partition coefficient (Wildman–Crippen LogP) is 3.58. The van der Waals surface area contributed by atoms with Crippen molar-refractivity contribution in [3.05, 3.63) is 16.7 Å². The summed E-state index contributed by atoms with van der Waals surface area (Å²) in [5.41, 5.74) is 1.44. The van der Waals surface area contributed by atoms with Gasteiger partial charge in [0.15, 0.2) is 4.77 Å². The molecule has 3 nitrogen and oxygen atoms in total. The average Bonchev–Trinajstić information content (AvgIpc) is 2.66. The molecule has 104 valence electrons. The number of nitrogens with zero attached hydrogens (tertiary/aromatic N) is 2. The van der Waals surface area contributed by atoms with Gasteiger partial charge in [0.05, 0.1) is 0 Å². The third-order valence-electron chi connectivity index (χ3n) is 3.39. The van der Waals surface area contributed by atoms with Gasteiger partial charge in [-0.15, -0.1) is 0 Å². The van der Waals surface area contributed by atoms with E-state index in [0.717, 1.165) is 37.4 Å². The molecule has 4 heteroatoms. The van der Waals surface area contributed by atoms with Crippen molar-refractivity contribution in [2.24, 2.45) is 0 Å². The van der Waals surface area contributed by atoms with Crippen molar-refractivity contribution >= 4 is 12.2 Å². The molecule has 18 heavy (non-hydrogen) atoms. The summed E-state index contributed by atoms with van der Waals surface area (Å²) in [6.45, 7) is 15.5. The fourth-order valence-electron chi connectivity index (χ4n) is 2.23. The Balaban J connectivity index is 2.68. The van der Waals surface area contributed by atoms with E-state index >= 15 is 0 Å². The highest BCUT2D eigenvalue weighted by atomic mass is 32.1. The van der Waals surface area contributed by atoms with Crippen LogP contribution >= 0.6 is 12.2 Å². The molecule has 0 aliphatic heterocycles. The van der Waals surface area contributed by atoms with Gasteiger partial charge >= 0.3 is 0 Å². The topological polar surface area (TPSA) is 24.0 Å². The molecule has 1 N–H and O–H groups in total. The number of nitrogens with one attached hydrogen (secondary N) is 1. The molecule has 0 saturated carbocycles. The summed E-state index contributed by atoms with van der Waals surface area (Å²) in [5.74, 6) is 0. The lowest BCUT2D eigenvalue weighted by atomic mass is 9.92. The van der Waals surface area contributed by atoms with E-state index in [-0.39, 0.29) is 5.41 Å². The Hall–Kier alpha value is -0.610. The molecule has 1 aromatic rings. The average molecular weight is 269 g/mol. The van der Waals surface area contributed by atoms with E-state index in [1.165, 1.54) is 5.69 Å². The van der Waals surface area contributed by atoms with Gasteiger partial charge in [0, 0.05) is 23.9 Å². The fourth-order valence-corrected chi connectivity index (χ4v) is 2.48. The number of H-pyrrole nitrogens is 1. The number of aromatic nitrogens is 2. The van der Waals surface area contributed by atoms with Crippen molar-refractivity contribution in [2.75, 3.05) is 19.6 Å². The minimum atomic E-state index is 0.142. The Labute approximate surface area is 116 Å². The first-order valence-corrected chi connectivity index (χ1v) is 7.32. The summed E-state index contributed by atoms with van der Waals surface area (Å²) in [7, 11) is 0. The van der Waals surface area contributed by atoms with Gasteiger partial charge in [-0.2, -0.15) is 0 Å².